The molecule has 0 aliphatic carbocycles. The summed E-state index contributed by atoms with van der Waals surface area (Å²) in [6.45, 7) is 5.77. The topological polar surface area (TPSA) is 104 Å². The van der Waals surface area contributed by atoms with Crippen LogP contribution in [0.2, 0.25) is 0 Å². The summed E-state index contributed by atoms with van der Waals surface area (Å²) < 4.78 is 25.7. The molecule has 0 aromatic heterocycles. The van der Waals surface area contributed by atoms with E-state index < -0.39 is 21.5 Å². The first-order chi connectivity index (χ1) is 10.7. The molecule has 1 amide bonds. The highest BCUT2D eigenvalue weighted by Crippen LogP contribution is 2.22. The predicted molar refractivity (Wildman–Crippen MR) is 87.5 cm³/mol. The third-order valence-electron chi connectivity index (χ3n) is 4.55. The second-order valence-corrected chi connectivity index (χ2v) is 8.41. The highest BCUT2D eigenvalue weighted by atomic mass is 32.2. The lowest BCUT2D eigenvalue weighted by Crippen LogP contribution is -2.54. The molecule has 0 saturated carbocycles. The fourth-order valence-corrected chi connectivity index (χ4v) is 4.20. The number of nitrogens with zero attached hydrogens (tertiary/aromatic N) is 1. The number of carbonyl (C=O) groups excluding carboxylic acids is 1. The smallest absolute Gasteiger partial charge is 0.329 e. The van der Waals surface area contributed by atoms with Gasteiger partial charge < -0.3 is 10.4 Å². The van der Waals surface area contributed by atoms with E-state index in [-0.39, 0.29) is 24.0 Å². The van der Waals surface area contributed by atoms with Gasteiger partial charge in [0.05, 0.1) is 5.75 Å². The highest BCUT2D eigenvalue weighted by Gasteiger charge is 2.37. The van der Waals surface area contributed by atoms with E-state index in [2.05, 4.69) is 5.32 Å². The van der Waals surface area contributed by atoms with E-state index in [1.54, 1.807) is 6.92 Å². The molecule has 1 rings (SSSR count). The number of unbranched alkanes of at least 4 members (excludes halogenated alkanes) is 1. The van der Waals surface area contributed by atoms with Gasteiger partial charge in [-0.15, -0.1) is 0 Å². The highest BCUT2D eigenvalue weighted by molar-refractivity contribution is 7.89. The van der Waals surface area contributed by atoms with Gasteiger partial charge in [0.15, 0.2) is 0 Å². The Morgan fingerprint density at radius 1 is 1.26 bits per heavy atom. The van der Waals surface area contributed by atoms with Crippen LogP contribution in [0.4, 0.5) is 0 Å². The standard InChI is InChI=1S/C15H28N2O5S/c1-4-6-11-23(21,22)17-9-7-12(8-10-17)13(18)16-15(3,5-2)14(19)20/h12H,4-11H2,1-3H3,(H,16,18)(H,19,20). The third-order valence-corrected chi connectivity index (χ3v) is 6.51. The maximum atomic E-state index is 12.3. The Balaban J connectivity index is 2.59. The van der Waals surface area contributed by atoms with Crippen LogP contribution in [0.1, 0.15) is 52.9 Å². The molecule has 1 atom stereocenters. The molecule has 1 saturated heterocycles. The molecule has 0 spiro atoms. The zero-order chi connectivity index (χ0) is 17.7. The molecule has 7 nitrogen and oxygen atoms in total. The van der Waals surface area contributed by atoms with Crippen molar-refractivity contribution < 1.29 is 23.1 Å². The fraction of sp³-hybridized carbons (Fsp3) is 0.867. The van der Waals surface area contributed by atoms with Crippen molar-refractivity contribution in [3.8, 4) is 0 Å². The van der Waals surface area contributed by atoms with Crippen molar-refractivity contribution in [1.29, 1.82) is 0 Å². The van der Waals surface area contributed by atoms with Gasteiger partial charge in [0.1, 0.15) is 5.54 Å². The van der Waals surface area contributed by atoms with Gasteiger partial charge in [0.2, 0.25) is 15.9 Å². The van der Waals surface area contributed by atoms with E-state index in [0.717, 1.165) is 6.42 Å². The van der Waals surface area contributed by atoms with Crippen molar-refractivity contribution >= 4 is 21.9 Å². The number of aliphatic carboxylic acids is 1. The van der Waals surface area contributed by atoms with Crippen LogP contribution in [-0.4, -0.2) is 54.1 Å². The molecule has 0 bridgehead atoms. The average Bonchev–Trinajstić information content (AvgIpc) is 2.52. The summed E-state index contributed by atoms with van der Waals surface area (Å²) in [7, 11) is -3.24. The number of hydrogen-bond donors (Lipinski definition) is 2. The molecule has 0 aromatic rings. The second-order valence-electron chi connectivity index (χ2n) is 6.32. The van der Waals surface area contributed by atoms with E-state index >= 15 is 0 Å². The van der Waals surface area contributed by atoms with Crippen molar-refractivity contribution in [3.05, 3.63) is 0 Å². The molecule has 1 aliphatic heterocycles. The minimum atomic E-state index is -3.24. The number of rotatable bonds is 8. The summed E-state index contributed by atoms with van der Waals surface area (Å²) in [5, 5.41) is 11.8. The van der Waals surface area contributed by atoms with Crippen LogP contribution in [0.5, 0.6) is 0 Å². The second kappa shape index (κ2) is 8.10. The minimum absolute atomic E-state index is 0.146. The van der Waals surface area contributed by atoms with Crippen molar-refractivity contribution in [2.45, 2.75) is 58.4 Å². The van der Waals surface area contributed by atoms with Crippen LogP contribution in [0.3, 0.4) is 0 Å². The van der Waals surface area contributed by atoms with Gasteiger partial charge in [-0.1, -0.05) is 20.3 Å². The molecule has 1 fully saturated rings. The fourth-order valence-electron chi connectivity index (χ4n) is 2.52. The lowest BCUT2D eigenvalue weighted by molar-refractivity contribution is -0.147. The first-order valence-electron chi connectivity index (χ1n) is 8.19. The van der Waals surface area contributed by atoms with Gasteiger partial charge in [-0.05, 0) is 32.6 Å². The van der Waals surface area contributed by atoms with Gasteiger partial charge in [-0.2, -0.15) is 0 Å². The van der Waals surface area contributed by atoms with Gasteiger partial charge in [-0.25, -0.2) is 17.5 Å². The predicted octanol–water partition coefficient (Wildman–Crippen LogP) is 1.20. The number of sulfonamides is 1. The van der Waals surface area contributed by atoms with Crippen LogP contribution in [0.25, 0.3) is 0 Å². The zero-order valence-electron chi connectivity index (χ0n) is 14.2. The summed E-state index contributed by atoms with van der Waals surface area (Å²) >= 11 is 0. The third kappa shape index (κ3) is 5.17. The summed E-state index contributed by atoms with van der Waals surface area (Å²) in [6, 6.07) is 0. The molecule has 134 valence electrons. The largest absolute Gasteiger partial charge is 0.480 e. The van der Waals surface area contributed by atoms with Crippen molar-refractivity contribution in [3.63, 3.8) is 0 Å². The van der Waals surface area contributed by atoms with Crippen molar-refractivity contribution in [2.24, 2.45) is 5.92 Å². The van der Waals surface area contributed by atoms with Crippen LogP contribution in [0, 0.1) is 5.92 Å². The van der Waals surface area contributed by atoms with E-state index in [4.69, 9.17) is 0 Å². The normalized spacial score (nSPS) is 20.0. The Kier molecular flexibility index (Phi) is 7.01. The van der Waals surface area contributed by atoms with Gasteiger partial charge in [0, 0.05) is 19.0 Å². The molecule has 0 radical (unpaired) electrons. The maximum absolute atomic E-state index is 12.3. The van der Waals surface area contributed by atoms with Crippen LogP contribution < -0.4 is 5.32 Å². The average molecular weight is 348 g/mol. The zero-order valence-corrected chi connectivity index (χ0v) is 15.0. The Hall–Kier alpha value is -1.15. The van der Waals surface area contributed by atoms with E-state index in [9.17, 15) is 23.1 Å². The maximum Gasteiger partial charge on any atom is 0.329 e. The SMILES string of the molecule is CCCCS(=O)(=O)N1CCC(C(=O)NC(C)(CC)C(=O)O)CC1. The lowest BCUT2D eigenvalue weighted by Gasteiger charge is -2.33. The summed E-state index contributed by atoms with van der Waals surface area (Å²) in [5.74, 6) is -1.55. The van der Waals surface area contributed by atoms with Gasteiger partial charge in [0.25, 0.3) is 0 Å². The monoisotopic (exact) mass is 348 g/mol. The molecule has 1 aliphatic rings. The minimum Gasteiger partial charge on any atom is -0.480 e. The number of amides is 1. The molecule has 23 heavy (non-hydrogen) atoms. The first kappa shape index (κ1) is 19.9. The first-order valence-corrected chi connectivity index (χ1v) is 9.80. The summed E-state index contributed by atoms with van der Waals surface area (Å²) in [6.07, 6.45) is 2.60. The molecule has 2 N–H and O–H groups in total. The van der Waals surface area contributed by atoms with E-state index in [1.807, 2.05) is 6.92 Å². The van der Waals surface area contributed by atoms with Crippen LogP contribution in [0.15, 0.2) is 0 Å². The van der Waals surface area contributed by atoms with Crippen LogP contribution in [-0.2, 0) is 19.6 Å². The Labute approximate surface area is 138 Å². The number of nitrogens with one attached hydrogen (secondary N) is 1. The van der Waals surface area contributed by atoms with Gasteiger partial charge >= 0.3 is 5.97 Å². The Morgan fingerprint density at radius 3 is 2.26 bits per heavy atom. The molecular weight excluding hydrogens is 320 g/mol. The molecular formula is C15H28N2O5S. The van der Waals surface area contributed by atoms with Crippen molar-refractivity contribution in [1.82, 2.24) is 9.62 Å². The number of piperidine rings is 1. The quantitative estimate of drug-likeness (QED) is 0.686. The van der Waals surface area contributed by atoms with Gasteiger partial charge in [-0.3, -0.25) is 4.79 Å². The molecule has 8 heteroatoms. The lowest BCUT2D eigenvalue weighted by atomic mass is 9.93. The molecule has 1 unspecified atom stereocenters. The summed E-state index contributed by atoms with van der Waals surface area (Å²) in [5.41, 5.74) is -1.28. The summed E-state index contributed by atoms with van der Waals surface area (Å²) in [4.78, 5) is 23.5. The van der Waals surface area contributed by atoms with E-state index in [1.165, 1.54) is 11.2 Å². The Bertz CT molecular complexity index is 526. The number of carboxylic acids is 1. The van der Waals surface area contributed by atoms with E-state index in [0.29, 0.717) is 32.4 Å². The number of hydrogen-bond acceptors (Lipinski definition) is 4. The number of carboxylic acid groups (broad SMARTS) is 1. The van der Waals surface area contributed by atoms with Crippen molar-refractivity contribution in [2.75, 3.05) is 18.8 Å². The Morgan fingerprint density at radius 2 is 1.83 bits per heavy atom. The van der Waals surface area contributed by atoms with Crippen LogP contribution >= 0.6 is 0 Å². The number of carbonyl (C=O) groups is 2. The molecule has 0 aromatic carbocycles. The molecule has 1 heterocycles.